The highest BCUT2D eigenvalue weighted by molar-refractivity contribution is 7.27. The van der Waals surface area contributed by atoms with E-state index in [4.69, 9.17) is 0 Å². The van der Waals surface area contributed by atoms with Gasteiger partial charge in [-0.2, -0.15) is 0 Å². The lowest BCUT2D eigenvalue weighted by atomic mass is 9.83. The van der Waals surface area contributed by atoms with Crippen LogP contribution in [0.3, 0.4) is 0 Å². The fraction of sp³-hybridized carbons (Fsp3) is 0.600. The van der Waals surface area contributed by atoms with Gasteiger partial charge in [0.25, 0.3) is 0 Å². The first-order chi connectivity index (χ1) is 7.34. The Morgan fingerprint density at radius 2 is 1.12 bits per heavy atom. The molecule has 0 fully saturated rings. The van der Waals surface area contributed by atoms with Gasteiger partial charge < -0.3 is 0 Å². The Kier molecular flexibility index (Phi) is 4.56. The zero-order valence-electron chi connectivity index (χ0n) is 11.5. The highest BCUT2D eigenvalue weighted by Gasteiger charge is 2.16. The van der Waals surface area contributed by atoms with Gasteiger partial charge in [-0.05, 0) is 39.7 Å². The van der Waals surface area contributed by atoms with E-state index in [1.54, 1.807) is 5.56 Å². The van der Waals surface area contributed by atoms with Gasteiger partial charge in [0.15, 0.2) is 0 Å². The van der Waals surface area contributed by atoms with Gasteiger partial charge in [0.2, 0.25) is 0 Å². The lowest BCUT2D eigenvalue weighted by Crippen LogP contribution is -2.10. The van der Waals surface area contributed by atoms with Crippen molar-refractivity contribution in [1.82, 2.24) is 0 Å². The van der Waals surface area contributed by atoms with Crippen molar-refractivity contribution in [3.8, 4) is 0 Å². The maximum absolute atomic E-state index is 2.84. The first-order valence-corrected chi connectivity index (χ1v) is 6.85. The van der Waals surface area contributed by atoms with Crippen LogP contribution in [0.2, 0.25) is 0 Å². The highest BCUT2D eigenvalue weighted by atomic mass is 31.0. The van der Waals surface area contributed by atoms with Crippen LogP contribution in [-0.2, 0) is 0 Å². The predicted octanol–water partition coefficient (Wildman–Crippen LogP) is 4.56. The first kappa shape index (κ1) is 13.7. The van der Waals surface area contributed by atoms with E-state index >= 15 is 0 Å². The van der Waals surface area contributed by atoms with Crippen LogP contribution in [0.4, 0.5) is 0 Å². The lowest BCUT2D eigenvalue weighted by Gasteiger charge is -2.23. The molecule has 0 bridgehead atoms. The van der Waals surface area contributed by atoms with E-state index in [0.29, 0.717) is 17.8 Å². The zero-order chi connectivity index (χ0) is 12.5. The molecule has 1 aromatic carbocycles. The van der Waals surface area contributed by atoms with E-state index in [9.17, 15) is 0 Å². The van der Waals surface area contributed by atoms with Gasteiger partial charge in [-0.3, -0.25) is 0 Å². The third-order valence-corrected chi connectivity index (χ3v) is 3.42. The topological polar surface area (TPSA) is 0 Å². The molecular formula is C15H25P. The molecule has 0 saturated heterocycles. The summed E-state index contributed by atoms with van der Waals surface area (Å²) < 4.78 is 0. The SMILES string of the molecule is CC(C)c1cc(P)cc(C(C)C)c1C(C)C. The molecule has 90 valence electrons. The largest absolute Gasteiger partial charge is 0.106 e. The van der Waals surface area contributed by atoms with Gasteiger partial charge in [0, 0.05) is 0 Å². The van der Waals surface area contributed by atoms with Crippen LogP contribution >= 0.6 is 9.24 Å². The molecule has 1 rings (SSSR count). The van der Waals surface area contributed by atoms with Gasteiger partial charge in [-0.15, -0.1) is 9.24 Å². The van der Waals surface area contributed by atoms with Crippen LogP contribution in [0.5, 0.6) is 0 Å². The third kappa shape index (κ3) is 2.86. The number of hydrogen-bond donors (Lipinski definition) is 0. The van der Waals surface area contributed by atoms with Crippen molar-refractivity contribution in [1.29, 1.82) is 0 Å². The Morgan fingerprint density at radius 1 is 0.750 bits per heavy atom. The summed E-state index contributed by atoms with van der Waals surface area (Å²) in [4.78, 5) is 0. The molecule has 0 aliphatic carbocycles. The third-order valence-electron chi connectivity index (χ3n) is 3.09. The van der Waals surface area contributed by atoms with Crippen molar-refractivity contribution in [2.45, 2.75) is 59.3 Å². The van der Waals surface area contributed by atoms with Crippen LogP contribution < -0.4 is 5.30 Å². The lowest BCUT2D eigenvalue weighted by molar-refractivity contribution is 0.750. The fourth-order valence-corrected chi connectivity index (χ4v) is 2.70. The molecule has 0 N–H and O–H groups in total. The number of benzene rings is 1. The standard InChI is InChI=1S/C15H25P/c1-9(2)13-7-12(16)8-14(10(3)4)15(13)11(5)6/h7-11H,16H2,1-6H3. The van der Waals surface area contributed by atoms with Crippen molar-refractivity contribution >= 4 is 14.5 Å². The maximum Gasteiger partial charge on any atom is -0.0213 e. The second kappa shape index (κ2) is 5.32. The van der Waals surface area contributed by atoms with Crippen molar-refractivity contribution in [2.75, 3.05) is 0 Å². The zero-order valence-corrected chi connectivity index (χ0v) is 12.6. The minimum absolute atomic E-state index is 0.607. The Bertz CT molecular complexity index is 333. The van der Waals surface area contributed by atoms with E-state index < -0.39 is 0 Å². The monoisotopic (exact) mass is 236 g/mol. The van der Waals surface area contributed by atoms with Gasteiger partial charge in [-0.1, -0.05) is 53.7 Å². The van der Waals surface area contributed by atoms with Gasteiger partial charge in [0.1, 0.15) is 0 Å². The predicted molar refractivity (Wildman–Crippen MR) is 78.1 cm³/mol. The molecule has 0 spiro atoms. The van der Waals surface area contributed by atoms with Crippen LogP contribution in [0.25, 0.3) is 0 Å². The molecule has 16 heavy (non-hydrogen) atoms. The Labute approximate surface area is 103 Å². The summed E-state index contributed by atoms with van der Waals surface area (Å²) >= 11 is 0. The van der Waals surface area contributed by atoms with Crippen molar-refractivity contribution in [3.05, 3.63) is 28.8 Å². The van der Waals surface area contributed by atoms with Crippen LogP contribution in [0.1, 0.15) is 76.0 Å². The molecule has 1 aromatic rings. The number of hydrogen-bond acceptors (Lipinski definition) is 0. The molecule has 0 amide bonds. The summed E-state index contributed by atoms with van der Waals surface area (Å²) in [5, 5.41) is 1.32. The Morgan fingerprint density at radius 3 is 1.38 bits per heavy atom. The molecule has 1 atom stereocenters. The van der Waals surface area contributed by atoms with Crippen molar-refractivity contribution < 1.29 is 0 Å². The fourth-order valence-electron chi connectivity index (χ4n) is 2.34. The highest BCUT2D eigenvalue weighted by Crippen LogP contribution is 2.32. The van der Waals surface area contributed by atoms with E-state index in [-0.39, 0.29) is 0 Å². The Balaban J connectivity index is 3.48. The van der Waals surface area contributed by atoms with Crippen LogP contribution in [-0.4, -0.2) is 0 Å². The summed E-state index contributed by atoms with van der Waals surface area (Å²) in [6, 6.07) is 4.66. The summed E-state index contributed by atoms with van der Waals surface area (Å²) in [5.74, 6) is 1.83. The molecule has 0 aromatic heterocycles. The molecule has 0 aliphatic rings. The average molecular weight is 236 g/mol. The van der Waals surface area contributed by atoms with Crippen molar-refractivity contribution in [3.63, 3.8) is 0 Å². The van der Waals surface area contributed by atoms with E-state index in [1.807, 2.05) is 0 Å². The molecule has 0 nitrogen and oxygen atoms in total. The summed E-state index contributed by atoms with van der Waals surface area (Å²) in [7, 11) is 2.84. The normalized spacial score (nSPS) is 11.9. The molecule has 0 radical (unpaired) electrons. The van der Waals surface area contributed by atoms with Gasteiger partial charge >= 0.3 is 0 Å². The summed E-state index contributed by atoms with van der Waals surface area (Å²) in [6.45, 7) is 13.8. The first-order valence-electron chi connectivity index (χ1n) is 6.27. The van der Waals surface area contributed by atoms with E-state index in [1.165, 1.54) is 16.4 Å². The number of rotatable bonds is 3. The molecule has 1 unspecified atom stereocenters. The summed E-state index contributed by atoms with van der Waals surface area (Å²) in [6.07, 6.45) is 0. The Hall–Kier alpha value is -0.350. The van der Waals surface area contributed by atoms with Crippen molar-refractivity contribution in [2.24, 2.45) is 0 Å². The van der Waals surface area contributed by atoms with E-state index in [2.05, 4.69) is 62.9 Å². The van der Waals surface area contributed by atoms with Crippen LogP contribution in [0.15, 0.2) is 12.1 Å². The minimum Gasteiger partial charge on any atom is -0.106 e. The average Bonchev–Trinajstić information content (AvgIpc) is 2.15. The summed E-state index contributed by atoms with van der Waals surface area (Å²) in [5.41, 5.74) is 4.61. The smallest absolute Gasteiger partial charge is 0.0213 e. The molecule has 0 saturated carbocycles. The molecule has 1 heteroatoms. The second-order valence-electron chi connectivity index (χ2n) is 5.58. The maximum atomic E-state index is 2.84. The minimum atomic E-state index is 0.607. The van der Waals surface area contributed by atoms with Gasteiger partial charge in [-0.25, -0.2) is 0 Å². The quantitative estimate of drug-likeness (QED) is 0.675. The second-order valence-corrected chi connectivity index (χ2v) is 6.24. The molecule has 0 aliphatic heterocycles. The molecular weight excluding hydrogens is 211 g/mol. The molecule has 0 heterocycles. The van der Waals surface area contributed by atoms with Crippen LogP contribution in [0, 0.1) is 0 Å². The van der Waals surface area contributed by atoms with E-state index in [0.717, 1.165) is 0 Å². The van der Waals surface area contributed by atoms with Gasteiger partial charge in [0.05, 0.1) is 0 Å².